The molecule has 0 spiro atoms. The van der Waals surface area contributed by atoms with Gasteiger partial charge < -0.3 is 34.1 Å². The summed E-state index contributed by atoms with van der Waals surface area (Å²) in [6, 6.07) is 6.70. The second-order valence-corrected chi connectivity index (χ2v) is 6.69. The van der Waals surface area contributed by atoms with E-state index in [4.69, 9.17) is 13.9 Å². The van der Waals surface area contributed by atoms with Crippen molar-refractivity contribution in [3.05, 3.63) is 40.6 Å². The SMILES string of the molecule is CCN(CC)CCOc1cc(O)cc2oc(-c3ccc(O)c(O)c3)c(OC)c(=O)c12. The van der Waals surface area contributed by atoms with Crippen molar-refractivity contribution in [1.29, 1.82) is 0 Å². The van der Waals surface area contributed by atoms with Gasteiger partial charge in [0.05, 0.1) is 7.11 Å². The van der Waals surface area contributed by atoms with Crippen molar-refractivity contribution in [2.45, 2.75) is 13.8 Å². The molecule has 160 valence electrons. The molecule has 3 aromatic rings. The van der Waals surface area contributed by atoms with E-state index in [2.05, 4.69) is 18.7 Å². The van der Waals surface area contributed by atoms with Gasteiger partial charge in [-0.1, -0.05) is 13.8 Å². The third-order valence-electron chi connectivity index (χ3n) is 4.90. The number of ether oxygens (including phenoxy) is 2. The zero-order valence-electron chi connectivity index (χ0n) is 17.1. The standard InChI is InChI=1S/C22H25NO7/c1-4-23(5-2)8-9-29-17-11-14(24)12-18-19(17)20(27)22(28-3)21(30-18)13-6-7-15(25)16(26)10-13/h6-7,10-12,24-26H,4-5,8-9H2,1-3H3. The Morgan fingerprint density at radius 3 is 2.40 bits per heavy atom. The first kappa shape index (κ1) is 21.3. The lowest BCUT2D eigenvalue weighted by Gasteiger charge is -2.18. The molecule has 0 bridgehead atoms. The molecule has 8 nitrogen and oxygen atoms in total. The summed E-state index contributed by atoms with van der Waals surface area (Å²) in [6.07, 6.45) is 0. The molecule has 30 heavy (non-hydrogen) atoms. The third kappa shape index (κ3) is 4.13. The van der Waals surface area contributed by atoms with E-state index in [0.717, 1.165) is 13.1 Å². The third-order valence-corrected chi connectivity index (χ3v) is 4.90. The van der Waals surface area contributed by atoms with Crippen LogP contribution < -0.4 is 14.9 Å². The molecule has 0 radical (unpaired) electrons. The van der Waals surface area contributed by atoms with Crippen LogP contribution >= 0.6 is 0 Å². The van der Waals surface area contributed by atoms with Crippen LogP contribution in [0.5, 0.6) is 28.7 Å². The molecule has 0 fully saturated rings. The van der Waals surface area contributed by atoms with Gasteiger partial charge in [0.25, 0.3) is 0 Å². The first-order valence-electron chi connectivity index (χ1n) is 9.64. The van der Waals surface area contributed by atoms with Crippen molar-refractivity contribution in [2.75, 3.05) is 33.4 Å². The van der Waals surface area contributed by atoms with Gasteiger partial charge in [-0.3, -0.25) is 4.79 Å². The Labute approximate surface area is 173 Å². The number of aromatic hydroxyl groups is 3. The molecule has 0 atom stereocenters. The summed E-state index contributed by atoms with van der Waals surface area (Å²) >= 11 is 0. The molecular weight excluding hydrogens is 390 g/mol. The van der Waals surface area contributed by atoms with Crippen LogP contribution in [0.2, 0.25) is 0 Å². The number of methoxy groups -OCH3 is 1. The molecule has 0 aliphatic carbocycles. The van der Waals surface area contributed by atoms with Gasteiger partial charge >= 0.3 is 0 Å². The molecule has 3 rings (SSSR count). The van der Waals surface area contributed by atoms with E-state index in [9.17, 15) is 20.1 Å². The normalized spacial score (nSPS) is 11.2. The monoisotopic (exact) mass is 415 g/mol. The fraction of sp³-hybridized carbons (Fsp3) is 0.318. The van der Waals surface area contributed by atoms with Gasteiger partial charge in [0.2, 0.25) is 11.2 Å². The Balaban J connectivity index is 2.11. The van der Waals surface area contributed by atoms with Gasteiger partial charge in [0, 0.05) is 24.2 Å². The number of phenols is 3. The minimum Gasteiger partial charge on any atom is -0.508 e. The zero-order chi connectivity index (χ0) is 21.8. The average Bonchev–Trinajstić information content (AvgIpc) is 2.72. The summed E-state index contributed by atoms with van der Waals surface area (Å²) in [5.74, 6) is -0.606. The highest BCUT2D eigenvalue weighted by Crippen LogP contribution is 2.38. The number of fused-ring (bicyclic) bond motifs is 1. The first-order chi connectivity index (χ1) is 14.4. The number of benzene rings is 2. The van der Waals surface area contributed by atoms with Gasteiger partial charge in [-0.15, -0.1) is 0 Å². The van der Waals surface area contributed by atoms with Crippen molar-refractivity contribution >= 4 is 11.0 Å². The lowest BCUT2D eigenvalue weighted by atomic mass is 10.1. The van der Waals surface area contributed by atoms with E-state index in [0.29, 0.717) is 18.7 Å². The van der Waals surface area contributed by atoms with E-state index in [1.54, 1.807) is 0 Å². The van der Waals surface area contributed by atoms with Crippen LogP contribution in [-0.2, 0) is 0 Å². The molecule has 0 unspecified atom stereocenters. The fourth-order valence-corrected chi connectivity index (χ4v) is 3.23. The van der Waals surface area contributed by atoms with E-state index in [1.165, 1.54) is 37.4 Å². The molecule has 0 saturated heterocycles. The maximum Gasteiger partial charge on any atom is 0.239 e. The molecule has 2 aromatic carbocycles. The van der Waals surface area contributed by atoms with E-state index < -0.39 is 5.43 Å². The largest absolute Gasteiger partial charge is 0.508 e. The van der Waals surface area contributed by atoms with E-state index in [1.807, 2.05) is 0 Å². The topological polar surface area (TPSA) is 113 Å². The molecule has 1 aromatic heterocycles. The van der Waals surface area contributed by atoms with Crippen molar-refractivity contribution < 1.29 is 29.2 Å². The Morgan fingerprint density at radius 2 is 1.77 bits per heavy atom. The molecule has 0 amide bonds. The van der Waals surface area contributed by atoms with Crippen molar-refractivity contribution in [3.63, 3.8) is 0 Å². The van der Waals surface area contributed by atoms with E-state index in [-0.39, 0.29) is 45.5 Å². The molecule has 0 aliphatic heterocycles. The molecule has 1 heterocycles. The van der Waals surface area contributed by atoms with Crippen LogP contribution in [0.15, 0.2) is 39.5 Å². The molecule has 0 saturated carbocycles. The first-order valence-corrected chi connectivity index (χ1v) is 9.64. The summed E-state index contributed by atoms with van der Waals surface area (Å²) in [6.45, 7) is 6.84. The Morgan fingerprint density at radius 1 is 1.03 bits per heavy atom. The number of rotatable bonds is 8. The van der Waals surface area contributed by atoms with Gasteiger partial charge in [-0.05, 0) is 31.3 Å². The highest BCUT2D eigenvalue weighted by molar-refractivity contribution is 5.88. The quantitative estimate of drug-likeness (QED) is 0.481. The predicted octanol–water partition coefficient (Wildman–Crippen LogP) is 3.31. The molecule has 3 N–H and O–H groups in total. The molecule has 0 aliphatic rings. The highest BCUT2D eigenvalue weighted by atomic mass is 16.5. The van der Waals surface area contributed by atoms with Crippen LogP contribution in [-0.4, -0.2) is 53.6 Å². The fourth-order valence-electron chi connectivity index (χ4n) is 3.23. The number of phenolic OH excluding ortho intramolecular Hbond substituents is 3. The van der Waals surface area contributed by atoms with Crippen molar-refractivity contribution in [1.82, 2.24) is 4.90 Å². The van der Waals surface area contributed by atoms with Gasteiger partial charge in [-0.25, -0.2) is 0 Å². The van der Waals surface area contributed by atoms with Gasteiger partial charge in [0.15, 0.2) is 17.3 Å². The number of nitrogens with zero attached hydrogens (tertiary/aromatic N) is 1. The van der Waals surface area contributed by atoms with Crippen LogP contribution in [0.1, 0.15) is 13.8 Å². The van der Waals surface area contributed by atoms with Crippen LogP contribution in [0, 0.1) is 0 Å². The highest BCUT2D eigenvalue weighted by Gasteiger charge is 2.21. The smallest absolute Gasteiger partial charge is 0.239 e. The Kier molecular flexibility index (Phi) is 6.37. The van der Waals surface area contributed by atoms with Gasteiger partial charge in [0.1, 0.15) is 29.1 Å². The number of likely N-dealkylation sites (N-methyl/N-ethyl adjacent to an activating group) is 1. The van der Waals surface area contributed by atoms with Crippen LogP contribution in [0.3, 0.4) is 0 Å². The number of hydrogen-bond donors (Lipinski definition) is 3. The average molecular weight is 415 g/mol. The summed E-state index contributed by atoms with van der Waals surface area (Å²) < 4.78 is 17.0. The van der Waals surface area contributed by atoms with Gasteiger partial charge in [-0.2, -0.15) is 0 Å². The summed E-state index contributed by atoms with van der Waals surface area (Å²) in [4.78, 5) is 15.3. The Bertz CT molecular complexity index is 1100. The van der Waals surface area contributed by atoms with Crippen LogP contribution in [0.4, 0.5) is 0 Å². The van der Waals surface area contributed by atoms with Crippen LogP contribution in [0.25, 0.3) is 22.3 Å². The predicted molar refractivity (Wildman–Crippen MR) is 113 cm³/mol. The second-order valence-electron chi connectivity index (χ2n) is 6.69. The zero-order valence-corrected chi connectivity index (χ0v) is 17.1. The molecule has 8 heteroatoms. The Hall–Kier alpha value is -3.39. The van der Waals surface area contributed by atoms with Crippen molar-refractivity contribution in [2.24, 2.45) is 0 Å². The maximum atomic E-state index is 13.2. The van der Waals surface area contributed by atoms with Crippen molar-refractivity contribution in [3.8, 4) is 40.1 Å². The van der Waals surface area contributed by atoms with E-state index >= 15 is 0 Å². The lowest BCUT2D eigenvalue weighted by Crippen LogP contribution is -2.28. The second kappa shape index (κ2) is 8.96. The minimum atomic E-state index is -0.473. The molecular formula is C22H25NO7. The minimum absolute atomic E-state index is 0.0602. The summed E-state index contributed by atoms with van der Waals surface area (Å²) in [7, 11) is 1.34. The summed E-state index contributed by atoms with van der Waals surface area (Å²) in [5.41, 5.74) is -0.0335. The lowest BCUT2D eigenvalue weighted by molar-refractivity contribution is 0.223. The number of hydrogen-bond acceptors (Lipinski definition) is 8. The maximum absolute atomic E-state index is 13.2. The summed E-state index contributed by atoms with van der Waals surface area (Å²) in [5, 5.41) is 29.6.